The van der Waals surface area contributed by atoms with Gasteiger partial charge in [0.05, 0.1) is 16.6 Å². The minimum absolute atomic E-state index is 0.0301. The van der Waals surface area contributed by atoms with Gasteiger partial charge in [0.15, 0.2) is 17.3 Å². The van der Waals surface area contributed by atoms with Gasteiger partial charge in [0.25, 0.3) is 5.69 Å². The molecule has 0 atom stereocenters. The Hall–Kier alpha value is -3.49. The maximum atomic E-state index is 13.1. The van der Waals surface area contributed by atoms with Crippen LogP contribution in [0.2, 0.25) is 0 Å². The van der Waals surface area contributed by atoms with Crippen LogP contribution >= 0.6 is 0 Å². The van der Waals surface area contributed by atoms with Crippen molar-refractivity contribution in [1.29, 1.82) is 0 Å². The fraction of sp³-hybridized carbons (Fsp3) is 0. The van der Waals surface area contributed by atoms with E-state index in [0.717, 1.165) is 18.2 Å². The van der Waals surface area contributed by atoms with E-state index in [0.29, 0.717) is 0 Å². The van der Waals surface area contributed by atoms with Gasteiger partial charge in [-0.2, -0.15) is 4.39 Å². The van der Waals surface area contributed by atoms with Crippen LogP contribution in [0.3, 0.4) is 0 Å². The zero-order valence-electron chi connectivity index (χ0n) is 11.3. The first-order valence-corrected chi connectivity index (χ1v) is 6.26. The summed E-state index contributed by atoms with van der Waals surface area (Å²) >= 11 is 0. The van der Waals surface area contributed by atoms with Gasteiger partial charge in [-0.3, -0.25) is 10.1 Å². The van der Waals surface area contributed by atoms with Crippen LogP contribution in [0.4, 0.5) is 10.1 Å². The van der Waals surface area contributed by atoms with E-state index in [1.54, 1.807) is 0 Å². The number of aromatic hydroxyl groups is 2. The molecule has 2 aromatic heterocycles. The molecule has 0 fully saturated rings. The number of rotatable bonds is 3. The Balaban J connectivity index is 2.09. The highest BCUT2D eigenvalue weighted by Crippen LogP contribution is 2.40. The molecule has 8 nitrogen and oxygen atoms in total. The van der Waals surface area contributed by atoms with E-state index in [1.165, 1.54) is 18.2 Å². The summed E-state index contributed by atoms with van der Waals surface area (Å²) in [6, 6.07) is 7.24. The third-order valence-electron chi connectivity index (χ3n) is 3.04. The molecule has 1 aromatic carbocycles. The van der Waals surface area contributed by atoms with Gasteiger partial charge in [-0.15, -0.1) is 0 Å². The van der Waals surface area contributed by atoms with Crippen LogP contribution in [-0.2, 0) is 0 Å². The SMILES string of the molecule is O=[N+]([O-])c1cc(O)c(O)c(-c2cc(-c3cccc(F)n3)on2)c1. The number of non-ortho nitro benzene ring substituents is 1. The predicted octanol–water partition coefficient (Wildman–Crippen LogP) is 2.86. The third-order valence-corrected chi connectivity index (χ3v) is 3.04. The number of halogens is 1. The minimum atomic E-state index is -0.724. The summed E-state index contributed by atoms with van der Waals surface area (Å²) in [5.74, 6) is -1.86. The van der Waals surface area contributed by atoms with Crippen molar-refractivity contribution in [3.63, 3.8) is 0 Å². The standard InChI is InChI=1S/C14H8FN3O5/c15-13-3-1-2-9(16-13)12-6-10(17-23-12)8-4-7(18(21)22)5-11(19)14(8)20/h1-6,19-20H. The minimum Gasteiger partial charge on any atom is -0.504 e. The van der Waals surface area contributed by atoms with Gasteiger partial charge in [-0.05, 0) is 12.1 Å². The smallest absolute Gasteiger partial charge is 0.274 e. The van der Waals surface area contributed by atoms with Crippen molar-refractivity contribution in [2.75, 3.05) is 0 Å². The molecule has 0 unspecified atom stereocenters. The van der Waals surface area contributed by atoms with Gasteiger partial charge in [-0.25, -0.2) is 4.98 Å². The molecule has 0 spiro atoms. The second kappa shape index (κ2) is 5.37. The number of hydrogen-bond donors (Lipinski definition) is 2. The lowest BCUT2D eigenvalue weighted by atomic mass is 10.1. The number of nitro benzene ring substituents is 1. The molecular weight excluding hydrogens is 309 g/mol. The Kier molecular flexibility index (Phi) is 3.37. The van der Waals surface area contributed by atoms with Gasteiger partial charge in [-0.1, -0.05) is 11.2 Å². The molecule has 0 amide bonds. The van der Waals surface area contributed by atoms with Crippen molar-refractivity contribution in [2.45, 2.75) is 0 Å². The number of benzene rings is 1. The molecule has 2 heterocycles. The van der Waals surface area contributed by atoms with Crippen LogP contribution in [0.1, 0.15) is 0 Å². The summed E-state index contributed by atoms with van der Waals surface area (Å²) in [7, 11) is 0. The lowest BCUT2D eigenvalue weighted by molar-refractivity contribution is -0.384. The molecule has 0 aliphatic carbocycles. The third kappa shape index (κ3) is 2.67. The van der Waals surface area contributed by atoms with Crippen LogP contribution in [0.15, 0.2) is 40.9 Å². The molecule has 23 heavy (non-hydrogen) atoms. The molecule has 0 aliphatic rings. The molecule has 116 valence electrons. The lowest BCUT2D eigenvalue weighted by Gasteiger charge is -2.03. The fourth-order valence-corrected chi connectivity index (χ4v) is 1.97. The van der Waals surface area contributed by atoms with Crippen molar-refractivity contribution < 1.29 is 24.0 Å². The predicted molar refractivity (Wildman–Crippen MR) is 75.1 cm³/mol. The summed E-state index contributed by atoms with van der Waals surface area (Å²) in [5, 5.41) is 33.9. The molecule has 3 rings (SSSR count). The molecule has 0 saturated heterocycles. The molecular formula is C14H8FN3O5. The second-order valence-electron chi connectivity index (χ2n) is 4.54. The summed E-state index contributed by atoms with van der Waals surface area (Å²) < 4.78 is 18.1. The van der Waals surface area contributed by atoms with Crippen molar-refractivity contribution >= 4 is 5.69 Å². The highest BCUT2D eigenvalue weighted by atomic mass is 19.1. The van der Waals surface area contributed by atoms with Gasteiger partial charge in [0.2, 0.25) is 5.95 Å². The van der Waals surface area contributed by atoms with E-state index in [4.69, 9.17) is 4.52 Å². The topological polar surface area (TPSA) is 123 Å². The van der Waals surface area contributed by atoms with Crippen molar-refractivity contribution in [2.24, 2.45) is 0 Å². The quantitative estimate of drug-likeness (QED) is 0.329. The monoisotopic (exact) mass is 317 g/mol. The number of nitro groups is 1. The number of pyridine rings is 1. The Bertz CT molecular complexity index is 909. The van der Waals surface area contributed by atoms with E-state index < -0.39 is 28.1 Å². The highest BCUT2D eigenvalue weighted by Gasteiger charge is 2.20. The number of phenolic OH excluding ortho intramolecular Hbond substituents is 2. The van der Waals surface area contributed by atoms with E-state index in [2.05, 4.69) is 10.1 Å². The van der Waals surface area contributed by atoms with Crippen LogP contribution in [-0.4, -0.2) is 25.3 Å². The zero-order chi connectivity index (χ0) is 16.6. The van der Waals surface area contributed by atoms with Crippen LogP contribution in [0.25, 0.3) is 22.7 Å². The van der Waals surface area contributed by atoms with Gasteiger partial charge >= 0.3 is 0 Å². The summed E-state index contributed by atoms with van der Waals surface area (Å²) in [4.78, 5) is 13.7. The van der Waals surface area contributed by atoms with Crippen LogP contribution in [0, 0.1) is 16.1 Å². The zero-order valence-corrected chi connectivity index (χ0v) is 11.3. The number of phenols is 2. The second-order valence-corrected chi connectivity index (χ2v) is 4.54. The molecule has 9 heteroatoms. The van der Waals surface area contributed by atoms with E-state index in [1.807, 2.05) is 0 Å². The first-order chi connectivity index (χ1) is 11.0. The molecule has 0 radical (unpaired) electrons. The number of hydrogen-bond acceptors (Lipinski definition) is 7. The maximum absolute atomic E-state index is 13.1. The first kappa shape index (κ1) is 14.4. The van der Waals surface area contributed by atoms with E-state index in [-0.39, 0.29) is 22.7 Å². The first-order valence-electron chi connectivity index (χ1n) is 6.26. The van der Waals surface area contributed by atoms with Gasteiger partial charge in [0, 0.05) is 12.1 Å². The van der Waals surface area contributed by atoms with Crippen LogP contribution < -0.4 is 0 Å². The maximum Gasteiger partial charge on any atom is 0.274 e. The van der Waals surface area contributed by atoms with Crippen molar-refractivity contribution in [1.82, 2.24) is 10.1 Å². The van der Waals surface area contributed by atoms with Gasteiger partial charge in [0.1, 0.15) is 11.4 Å². The Morgan fingerprint density at radius 2 is 1.96 bits per heavy atom. The average molecular weight is 317 g/mol. The molecule has 0 bridgehead atoms. The lowest BCUT2D eigenvalue weighted by Crippen LogP contribution is -1.89. The average Bonchev–Trinajstić information content (AvgIpc) is 2.99. The Morgan fingerprint density at radius 3 is 2.65 bits per heavy atom. The normalized spacial score (nSPS) is 10.7. The fourth-order valence-electron chi connectivity index (χ4n) is 1.97. The Morgan fingerprint density at radius 1 is 1.17 bits per heavy atom. The largest absolute Gasteiger partial charge is 0.504 e. The highest BCUT2D eigenvalue weighted by molar-refractivity contribution is 5.75. The summed E-state index contributed by atoms with van der Waals surface area (Å²) in [6.45, 7) is 0. The van der Waals surface area contributed by atoms with Crippen LogP contribution in [0.5, 0.6) is 11.5 Å². The van der Waals surface area contributed by atoms with E-state index in [9.17, 15) is 24.7 Å². The van der Waals surface area contributed by atoms with Crippen molar-refractivity contribution in [3.8, 4) is 34.2 Å². The Labute approximate surface area is 127 Å². The van der Waals surface area contributed by atoms with Crippen molar-refractivity contribution in [3.05, 3.63) is 52.5 Å². The molecule has 2 N–H and O–H groups in total. The molecule has 3 aromatic rings. The van der Waals surface area contributed by atoms with E-state index >= 15 is 0 Å². The number of nitrogens with zero attached hydrogens (tertiary/aromatic N) is 3. The molecule has 0 saturated carbocycles. The summed E-state index contributed by atoms with van der Waals surface area (Å²) in [5.41, 5.74) is -0.327. The number of aromatic nitrogens is 2. The molecule has 0 aliphatic heterocycles. The summed E-state index contributed by atoms with van der Waals surface area (Å²) in [6.07, 6.45) is 0. The van der Waals surface area contributed by atoms with Gasteiger partial charge < -0.3 is 14.7 Å².